The van der Waals surface area contributed by atoms with E-state index in [9.17, 15) is 14.4 Å². The van der Waals surface area contributed by atoms with Gasteiger partial charge < -0.3 is 9.47 Å². The van der Waals surface area contributed by atoms with Crippen LogP contribution in [0.1, 0.15) is 31.1 Å². The summed E-state index contributed by atoms with van der Waals surface area (Å²) in [6.45, 7) is 0. The number of hydrogen-bond donors (Lipinski definition) is 0. The first-order valence-electron chi connectivity index (χ1n) is 8.12. The van der Waals surface area contributed by atoms with Gasteiger partial charge in [-0.25, -0.2) is 0 Å². The van der Waals surface area contributed by atoms with E-state index in [2.05, 4.69) is 0 Å². The Morgan fingerprint density at radius 3 is 1.14 bits per heavy atom. The minimum Gasteiger partial charge on any atom is -0.457 e. The van der Waals surface area contributed by atoms with Gasteiger partial charge in [0.2, 0.25) is 0 Å². The Morgan fingerprint density at radius 2 is 0.828 bits per heavy atom. The normalized spacial score (nSPS) is 10.3. The van der Waals surface area contributed by atoms with Crippen LogP contribution in [0.5, 0.6) is 23.0 Å². The average molecular weight is 450 g/mol. The molecular weight excluding hydrogens is 439 g/mol. The quantitative estimate of drug-likeness (QED) is 0.390. The van der Waals surface area contributed by atoms with Gasteiger partial charge in [0, 0.05) is 22.8 Å². The zero-order chi connectivity index (χ0) is 21.0. The molecule has 0 bridgehead atoms. The molecule has 0 atom stereocenters. The zero-order valence-electron chi connectivity index (χ0n) is 14.5. The summed E-state index contributed by atoms with van der Waals surface area (Å²) in [4.78, 5) is 33.9. The largest absolute Gasteiger partial charge is 0.457 e. The molecule has 0 spiro atoms. The van der Waals surface area contributed by atoms with Crippen molar-refractivity contribution in [1.82, 2.24) is 0 Å². The van der Waals surface area contributed by atoms with Gasteiger partial charge in [-0.15, -0.1) is 0 Å². The summed E-state index contributed by atoms with van der Waals surface area (Å²) in [5.41, 5.74) is 0.817. The van der Waals surface area contributed by atoms with E-state index in [1.165, 1.54) is 36.4 Å². The summed E-state index contributed by atoms with van der Waals surface area (Å²) < 4.78 is 11.5. The number of halogens is 3. The number of ether oxygens (including phenoxy) is 2. The van der Waals surface area contributed by atoms with Crippen molar-refractivity contribution < 1.29 is 23.9 Å². The molecule has 3 rings (SSSR count). The van der Waals surface area contributed by atoms with Gasteiger partial charge in [-0.3, -0.25) is 14.4 Å². The van der Waals surface area contributed by atoms with Gasteiger partial charge in [0.05, 0.1) is 0 Å². The zero-order valence-corrected chi connectivity index (χ0v) is 16.8. The first-order valence-corrected chi connectivity index (χ1v) is 9.25. The van der Waals surface area contributed by atoms with Crippen molar-refractivity contribution in [2.75, 3.05) is 0 Å². The van der Waals surface area contributed by atoms with Crippen LogP contribution in [0.15, 0.2) is 66.7 Å². The summed E-state index contributed by atoms with van der Waals surface area (Å²) in [6, 6.07) is 16.8. The molecule has 146 valence electrons. The summed E-state index contributed by atoms with van der Waals surface area (Å²) in [5, 5.41) is -1.85. The number of hydrogen-bond acceptors (Lipinski definition) is 5. The highest BCUT2D eigenvalue weighted by Crippen LogP contribution is 2.31. The van der Waals surface area contributed by atoms with Gasteiger partial charge in [0.25, 0.3) is 15.7 Å². The van der Waals surface area contributed by atoms with Gasteiger partial charge in [0.15, 0.2) is 0 Å². The smallest absolute Gasteiger partial charge is 0.252 e. The van der Waals surface area contributed by atoms with E-state index in [0.29, 0.717) is 34.1 Å². The average Bonchev–Trinajstić information content (AvgIpc) is 2.68. The molecule has 0 aliphatic rings. The highest BCUT2D eigenvalue weighted by Gasteiger charge is 2.11. The summed E-state index contributed by atoms with van der Waals surface area (Å²) >= 11 is 16.5. The molecule has 0 saturated heterocycles. The number of carbonyl (C=O) groups excluding carboxylic acids is 3. The monoisotopic (exact) mass is 448 g/mol. The van der Waals surface area contributed by atoms with Crippen LogP contribution < -0.4 is 9.47 Å². The third-order valence-corrected chi connectivity index (χ3v) is 4.40. The maximum Gasteiger partial charge on any atom is 0.252 e. The lowest BCUT2D eigenvalue weighted by molar-refractivity contribution is 0.107. The molecule has 0 unspecified atom stereocenters. The minimum absolute atomic E-state index is 0.166. The second-order valence-electron chi connectivity index (χ2n) is 5.77. The molecule has 29 heavy (non-hydrogen) atoms. The molecule has 0 aromatic heterocycles. The lowest BCUT2D eigenvalue weighted by Gasteiger charge is -2.11. The number of carbonyl (C=O) groups is 3. The molecule has 0 radical (unpaired) electrons. The SMILES string of the molecule is O=C(Cl)c1ccc(Oc2cc(Oc3ccc(C(=O)Cl)cc3)cc(C(=O)Cl)c2)cc1. The molecular formula is C21H11Cl3O5. The lowest BCUT2D eigenvalue weighted by atomic mass is 10.2. The van der Waals surface area contributed by atoms with Crippen LogP contribution in [0.25, 0.3) is 0 Å². The maximum absolute atomic E-state index is 11.6. The van der Waals surface area contributed by atoms with E-state index < -0.39 is 15.7 Å². The number of rotatable bonds is 7. The van der Waals surface area contributed by atoms with Crippen molar-refractivity contribution in [2.24, 2.45) is 0 Å². The van der Waals surface area contributed by atoms with Crippen LogP contribution in [0.3, 0.4) is 0 Å². The second-order valence-corrected chi connectivity index (χ2v) is 6.80. The molecule has 3 aromatic carbocycles. The topological polar surface area (TPSA) is 69.7 Å². The Morgan fingerprint density at radius 1 is 0.483 bits per heavy atom. The van der Waals surface area contributed by atoms with E-state index in [1.54, 1.807) is 30.3 Å². The Labute approximate surface area is 180 Å². The van der Waals surface area contributed by atoms with E-state index >= 15 is 0 Å². The van der Waals surface area contributed by atoms with Gasteiger partial charge in [-0.2, -0.15) is 0 Å². The van der Waals surface area contributed by atoms with Crippen molar-refractivity contribution in [3.8, 4) is 23.0 Å². The van der Waals surface area contributed by atoms with E-state index in [0.717, 1.165) is 0 Å². The van der Waals surface area contributed by atoms with Crippen LogP contribution in [-0.2, 0) is 0 Å². The molecule has 0 heterocycles. The first-order chi connectivity index (χ1) is 13.8. The molecule has 3 aromatic rings. The van der Waals surface area contributed by atoms with E-state index in [1.807, 2.05) is 0 Å². The van der Waals surface area contributed by atoms with Crippen LogP contribution >= 0.6 is 34.8 Å². The van der Waals surface area contributed by atoms with Gasteiger partial charge >= 0.3 is 0 Å². The van der Waals surface area contributed by atoms with Crippen LogP contribution in [0.2, 0.25) is 0 Å². The molecule has 0 N–H and O–H groups in total. The molecule has 0 amide bonds. The van der Waals surface area contributed by atoms with Crippen LogP contribution in [0, 0.1) is 0 Å². The Balaban J connectivity index is 1.86. The Hall–Kier alpha value is -2.86. The van der Waals surface area contributed by atoms with Crippen molar-refractivity contribution in [3.05, 3.63) is 83.4 Å². The van der Waals surface area contributed by atoms with E-state index in [4.69, 9.17) is 44.3 Å². The fourth-order valence-corrected chi connectivity index (χ4v) is 2.74. The highest BCUT2D eigenvalue weighted by molar-refractivity contribution is 6.68. The Bertz CT molecular complexity index is 999. The molecule has 8 heteroatoms. The fraction of sp³-hybridized carbons (Fsp3) is 0. The standard InChI is InChI=1S/C21H11Cl3O5/c22-19(25)12-1-5-15(6-2-12)28-17-9-14(21(24)27)10-18(11-17)29-16-7-3-13(4-8-16)20(23)26/h1-11H. The first kappa shape index (κ1) is 20.9. The lowest BCUT2D eigenvalue weighted by Crippen LogP contribution is -1.95. The summed E-state index contributed by atoms with van der Waals surface area (Å²) in [7, 11) is 0. The van der Waals surface area contributed by atoms with Crippen LogP contribution in [0.4, 0.5) is 0 Å². The van der Waals surface area contributed by atoms with E-state index in [-0.39, 0.29) is 5.56 Å². The predicted octanol–water partition coefficient (Wildman–Crippen LogP) is 6.41. The molecule has 0 fully saturated rings. The van der Waals surface area contributed by atoms with Crippen molar-refractivity contribution >= 4 is 50.5 Å². The summed E-state index contributed by atoms with van der Waals surface area (Å²) in [5.74, 6) is 1.43. The van der Waals surface area contributed by atoms with Crippen molar-refractivity contribution in [3.63, 3.8) is 0 Å². The van der Waals surface area contributed by atoms with Crippen LogP contribution in [-0.4, -0.2) is 15.7 Å². The molecule has 0 aliphatic carbocycles. The van der Waals surface area contributed by atoms with Crippen molar-refractivity contribution in [1.29, 1.82) is 0 Å². The van der Waals surface area contributed by atoms with Gasteiger partial charge in [0.1, 0.15) is 23.0 Å². The minimum atomic E-state index is -0.688. The second kappa shape index (κ2) is 9.09. The molecule has 0 saturated carbocycles. The third-order valence-electron chi connectivity index (χ3n) is 3.74. The fourth-order valence-electron chi connectivity index (χ4n) is 2.38. The van der Waals surface area contributed by atoms with Gasteiger partial charge in [-0.05, 0) is 95.5 Å². The summed E-state index contributed by atoms with van der Waals surface area (Å²) in [6.07, 6.45) is 0. The number of benzene rings is 3. The highest BCUT2D eigenvalue weighted by atomic mass is 35.5. The Kier molecular flexibility index (Phi) is 6.54. The van der Waals surface area contributed by atoms with Crippen molar-refractivity contribution in [2.45, 2.75) is 0 Å². The third kappa shape index (κ3) is 5.57. The molecule has 0 aliphatic heterocycles. The molecule has 5 nitrogen and oxygen atoms in total. The maximum atomic E-state index is 11.6. The van der Waals surface area contributed by atoms with Gasteiger partial charge in [-0.1, -0.05) is 0 Å². The predicted molar refractivity (Wildman–Crippen MR) is 110 cm³/mol.